The number of nitrogens with one attached hydrogen (secondary N) is 2. The fourth-order valence-corrected chi connectivity index (χ4v) is 4.65. The Balaban J connectivity index is 1.42. The summed E-state index contributed by atoms with van der Waals surface area (Å²) in [4.78, 5) is 35.3. The van der Waals surface area contributed by atoms with Crippen molar-refractivity contribution in [1.29, 1.82) is 0 Å². The van der Waals surface area contributed by atoms with Crippen LogP contribution in [0.1, 0.15) is 32.6 Å². The number of thioether (sulfide) groups is 1. The molecule has 2 saturated carbocycles. The molecule has 25 heavy (non-hydrogen) atoms. The van der Waals surface area contributed by atoms with Crippen LogP contribution in [-0.4, -0.2) is 38.7 Å². The molecule has 10 heteroatoms. The molecule has 1 aromatic heterocycles. The summed E-state index contributed by atoms with van der Waals surface area (Å²) >= 11 is 1.04. The van der Waals surface area contributed by atoms with Crippen LogP contribution < -0.4 is 22.1 Å². The van der Waals surface area contributed by atoms with Crippen LogP contribution in [0.5, 0.6) is 0 Å². The molecule has 1 heterocycles. The number of aromatic nitrogens is 3. The first-order valence-electron chi connectivity index (χ1n) is 8.41. The van der Waals surface area contributed by atoms with Gasteiger partial charge in [-0.05, 0) is 43.9 Å². The molecular weight excluding hydrogens is 342 g/mol. The van der Waals surface area contributed by atoms with Crippen LogP contribution >= 0.6 is 11.8 Å². The van der Waals surface area contributed by atoms with Gasteiger partial charge in [0.2, 0.25) is 17.8 Å². The number of hydrogen-bond donors (Lipinski definition) is 4. The van der Waals surface area contributed by atoms with Gasteiger partial charge in [-0.1, -0.05) is 18.2 Å². The number of carbonyl (C=O) groups excluding carboxylic acids is 2. The second-order valence-electron chi connectivity index (χ2n) is 6.77. The van der Waals surface area contributed by atoms with E-state index < -0.39 is 11.9 Å². The van der Waals surface area contributed by atoms with E-state index in [2.05, 4.69) is 25.6 Å². The van der Waals surface area contributed by atoms with Crippen molar-refractivity contribution in [3.05, 3.63) is 0 Å². The summed E-state index contributed by atoms with van der Waals surface area (Å²) in [6.45, 7) is 2.01. The summed E-state index contributed by atoms with van der Waals surface area (Å²) in [7, 11) is 0. The Morgan fingerprint density at radius 1 is 1.20 bits per heavy atom. The standard InChI is InChI=1S/C15H23N7O2S/c1-7(10-5-8-2-3-9(10)4-8)18-14(24)19-11(23)6-25-15-21-12(16)20-13(17)22-15/h7-10H,2-6H2,1H3,(H2,18,19,23,24)(H4,16,17,20,21,22)/t7-,8-,9-,10+/m1/s1. The summed E-state index contributed by atoms with van der Waals surface area (Å²) < 4.78 is 0. The van der Waals surface area contributed by atoms with Crippen LogP contribution in [-0.2, 0) is 4.79 Å². The molecule has 2 bridgehead atoms. The number of carbonyl (C=O) groups is 2. The van der Waals surface area contributed by atoms with Crippen molar-refractivity contribution in [3.63, 3.8) is 0 Å². The lowest BCUT2D eigenvalue weighted by Crippen LogP contribution is -2.47. The van der Waals surface area contributed by atoms with Crippen molar-refractivity contribution in [2.24, 2.45) is 17.8 Å². The zero-order valence-electron chi connectivity index (χ0n) is 14.1. The van der Waals surface area contributed by atoms with Gasteiger partial charge in [0.15, 0.2) is 5.16 Å². The van der Waals surface area contributed by atoms with Crippen molar-refractivity contribution in [2.45, 2.75) is 43.8 Å². The number of fused-ring (bicyclic) bond motifs is 2. The van der Waals surface area contributed by atoms with E-state index in [-0.39, 0.29) is 28.8 Å². The minimum absolute atomic E-state index is 0.00663. The molecule has 2 fully saturated rings. The SMILES string of the molecule is C[C@@H](NC(=O)NC(=O)CSc1nc(N)nc(N)n1)[C@@H]1C[C@@H]2CC[C@@H]1C2. The maximum absolute atomic E-state index is 12.0. The third-order valence-corrected chi connectivity index (χ3v) is 5.88. The van der Waals surface area contributed by atoms with E-state index in [0.29, 0.717) is 11.8 Å². The molecule has 4 atom stereocenters. The average molecular weight is 365 g/mol. The minimum Gasteiger partial charge on any atom is -0.368 e. The van der Waals surface area contributed by atoms with Crippen LogP contribution in [0, 0.1) is 17.8 Å². The van der Waals surface area contributed by atoms with E-state index in [4.69, 9.17) is 11.5 Å². The molecule has 6 N–H and O–H groups in total. The number of rotatable bonds is 5. The number of nitrogens with two attached hydrogens (primary N) is 2. The van der Waals surface area contributed by atoms with Gasteiger partial charge in [0.25, 0.3) is 0 Å². The van der Waals surface area contributed by atoms with Crippen LogP contribution in [0.4, 0.5) is 16.7 Å². The van der Waals surface area contributed by atoms with Gasteiger partial charge in [0.1, 0.15) is 0 Å². The summed E-state index contributed by atoms with van der Waals surface area (Å²) in [6.07, 6.45) is 5.04. The molecule has 2 aliphatic carbocycles. The topological polar surface area (TPSA) is 149 Å². The molecule has 1 aromatic rings. The normalized spacial score (nSPS) is 25.6. The van der Waals surface area contributed by atoms with Crippen LogP contribution in [0.2, 0.25) is 0 Å². The molecule has 0 aliphatic heterocycles. The van der Waals surface area contributed by atoms with Crippen molar-refractivity contribution >= 4 is 35.6 Å². The number of imide groups is 1. The van der Waals surface area contributed by atoms with E-state index in [9.17, 15) is 9.59 Å². The zero-order chi connectivity index (χ0) is 18.0. The van der Waals surface area contributed by atoms with E-state index >= 15 is 0 Å². The predicted octanol–water partition coefficient (Wildman–Crippen LogP) is 0.779. The third-order valence-electron chi connectivity index (χ3n) is 5.03. The van der Waals surface area contributed by atoms with Crippen molar-refractivity contribution in [2.75, 3.05) is 17.2 Å². The Kier molecular flexibility index (Phi) is 5.26. The lowest BCUT2D eigenvalue weighted by Gasteiger charge is -2.28. The highest BCUT2D eigenvalue weighted by atomic mass is 32.2. The maximum atomic E-state index is 12.0. The average Bonchev–Trinajstić information content (AvgIpc) is 3.15. The second-order valence-corrected chi connectivity index (χ2v) is 7.71. The number of nitrogens with zero attached hydrogens (tertiary/aromatic N) is 3. The Bertz CT molecular complexity index is 651. The van der Waals surface area contributed by atoms with Crippen molar-refractivity contribution < 1.29 is 9.59 Å². The fraction of sp³-hybridized carbons (Fsp3) is 0.667. The molecule has 2 aliphatic rings. The maximum Gasteiger partial charge on any atom is 0.321 e. The second kappa shape index (κ2) is 7.42. The number of nitrogen functional groups attached to an aromatic ring is 2. The molecule has 0 spiro atoms. The Labute approximate surface area is 150 Å². The van der Waals surface area contributed by atoms with E-state index in [1.54, 1.807) is 0 Å². The first-order chi connectivity index (χ1) is 11.9. The molecule has 9 nitrogen and oxygen atoms in total. The van der Waals surface area contributed by atoms with E-state index in [0.717, 1.165) is 17.7 Å². The molecule has 136 valence electrons. The molecule has 0 saturated heterocycles. The molecular formula is C15H23N7O2S. The van der Waals surface area contributed by atoms with Crippen molar-refractivity contribution in [3.8, 4) is 0 Å². The van der Waals surface area contributed by atoms with Gasteiger partial charge in [0, 0.05) is 6.04 Å². The molecule has 0 unspecified atom stereocenters. The van der Waals surface area contributed by atoms with Gasteiger partial charge in [-0.2, -0.15) is 15.0 Å². The highest BCUT2D eigenvalue weighted by molar-refractivity contribution is 7.99. The number of anilines is 2. The highest BCUT2D eigenvalue weighted by Crippen LogP contribution is 2.49. The number of urea groups is 1. The predicted molar refractivity (Wildman–Crippen MR) is 94.5 cm³/mol. The monoisotopic (exact) mass is 365 g/mol. The fourth-order valence-electron chi connectivity index (χ4n) is 4.00. The van der Waals surface area contributed by atoms with E-state index in [1.807, 2.05) is 6.92 Å². The Morgan fingerprint density at radius 3 is 2.52 bits per heavy atom. The Hall–Kier alpha value is -2.10. The van der Waals surface area contributed by atoms with Gasteiger partial charge in [-0.3, -0.25) is 10.1 Å². The minimum atomic E-state index is -0.462. The first-order valence-corrected chi connectivity index (χ1v) is 9.39. The van der Waals surface area contributed by atoms with Crippen LogP contribution in [0.15, 0.2) is 5.16 Å². The summed E-state index contributed by atoms with van der Waals surface area (Å²) in [5, 5.41) is 5.47. The Morgan fingerprint density at radius 2 is 1.92 bits per heavy atom. The molecule has 0 radical (unpaired) electrons. The highest BCUT2D eigenvalue weighted by Gasteiger charge is 2.42. The molecule has 3 rings (SSSR count). The summed E-state index contributed by atoms with van der Waals surface area (Å²) in [5.41, 5.74) is 10.9. The molecule has 3 amide bonds. The van der Waals surface area contributed by atoms with Crippen molar-refractivity contribution in [1.82, 2.24) is 25.6 Å². The zero-order valence-corrected chi connectivity index (χ0v) is 14.9. The van der Waals surface area contributed by atoms with Crippen LogP contribution in [0.25, 0.3) is 0 Å². The lowest BCUT2D eigenvalue weighted by molar-refractivity contribution is -0.117. The summed E-state index contributed by atoms with van der Waals surface area (Å²) in [5.74, 6) is 1.59. The largest absolute Gasteiger partial charge is 0.368 e. The summed E-state index contributed by atoms with van der Waals surface area (Å²) in [6, 6.07) is -0.394. The number of amides is 3. The quantitative estimate of drug-likeness (QED) is 0.559. The van der Waals surface area contributed by atoms with Gasteiger partial charge >= 0.3 is 6.03 Å². The lowest BCUT2D eigenvalue weighted by atomic mass is 9.84. The molecule has 0 aromatic carbocycles. The van der Waals surface area contributed by atoms with Gasteiger partial charge in [-0.15, -0.1) is 0 Å². The van der Waals surface area contributed by atoms with Gasteiger partial charge < -0.3 is 16.8 Å². The van der Waals surface area contributed by atoms with Gasteiger partial charge in [0.05, 0.1) is 5.75 Å². The smallest absolute Gasteiger partial charge is 0.321 e. The third kappa shape index (κ3) is 4.50. The van der Waals surface area contributed by atoms with Gasteiger partial charge in [-0.25, -0.2) is 4.79 Å². The van der Waals surface area contributed by atoms with Crippen LogP contribution in [0.3, 0.4) is 0 Å². The van der Waals surface area contributed by atoms with E-state index in [1.165, 1.54) is 25.7 Å². The number of hydrogen-bond acceptors (Lipinski definition) is 8. The first kappa shape index (κ1) is 17.7.